The lowest BCUT2D eigenvalue weighted by molar-refractivity contribution is 0.199. The Labute approximate surface area is 112 Å². The molecule has 1 aromatic carbocycles. The van der Waals surface area contributed by atoms with Crippen LogP contribution in [-0.4, -0.2) is 21.9 Å². The molecule has 0 saturated heterocycles. The number of aryl methyl sites for hydroxylation is 1. The van der Waals surface area contributed by atoms with Gasteiger partial charge < -0.3 is 5.11 Å². The quantitative estimate of drug-likeness (QED) is 0.838. The summed E-state index contributed by atoms with van der Waals surface area (Å²) in [4.78, 5) is 5.46. The molecule has 1 unspecified atom stereocenters. The van der Waals surface area contributed by atoms with Crippen molar-refractivity contribution in [3.8, 4) is 0 Å². The zero-order valence-corrected chi connectivity index (χ0v) is 11.2. The van der Waals surface area contributed by atoms with Crippen molar-refractivity contribution in [2.45, 2.75) is 24.3 Å². The molecule has 0 bridgehead atoms. The third kappa shape index (κ3) is 3.86. The summed E-state index contributed by atoms with van der Waals surface area (Å²) in [7, 11) is 0. The first-order valence-corrected chi connectivity index (χ1v) is 7.00. The maximum absolute atomic E-state index is 9.99. The normalized spacial score (nSPS) is 12.3. The van der Waals surface area contributed by atoms with E-state index in [2.05, 4.69) is 24.0 Å². The molecule has 0 saturated carbocycles. The molecule has 0 aliphatic heterocycles. The van der Waals surface area contributed by atoms with Gasteiger partial charge >= 0.3 is 0 Å². The molecule has 2 nitrogen and oxygen atoms in total. The highest BCUT2D eigenvalue weighted by Gasteiger charge is 2.08. The molecule has 0 fully saturated rings. The fourth-order valence-corrected chi connectivity index (χ4v) is 2.68. The fraction of sp³-hybridized carbons (Fsp3) is 0.267. The van der Waals surface area contributed by atoms with Crippen LogP contribution in [0.1, 0.15) is 11.3 Å². The van der Waals surface area contributed by atoms with Crippen molar-refractivity contribution in [3.05, 3.63) is 59.9 Å². The maximum atomic E-state index is 9.99. The maximum Gasteiger partial charge on any atom is 0.0689 e. The van der Waals surface area contributed by atoms with Crippen molar-refractivity contribution in [1.82, 2.24) is 4.98 Å². The van der Waals surface area contributed by atoms with E-state index in [1.165, 1.54) is 10.5 Å². The van der Waals surface area contributed by atoms with Crippen LogP contribution in [0.5, 0.6) is 0 Å². The molecule has 94 valence electrons. The topological polar surface area (TPSA) is 33.1 Å². The van der Waals surface area contributed by atoms with E-state index in [0.29, 0.717) is 12.2 Å². The standard InChI is InChI=1S/C15H17NOS/c1-12-6-2-3-8-15(12)18-11-14(17)10-13-7-4-5-9-16-13/h2-9,14,17H,10-11H2,1H3. The highest BCUT2D eigenvalue weighted by Crippen LogP contribution is 2.22. The van der Waals surface area contributed by atoms with Gasteiger partial charge in [-0.25, -0.2) is 0 Å². The Hall–Kier alpha value is -1.32. The van der Waals surface area contributed by atoms with Crippen LogP contribution >= 0.6 is 11.8 Å². The van der Waals surface area contributed by atoms with Gasteiger partial charge in [0.1, 0.15) is 0 Å². The van der Waals surface area contributed by atoms with Gasteiger partial charge in [-0.15, -0.1) is 11.8 Å². The molecular formula is C15H17NOS. The number of pyridine rings is 1. The lowest BCUT2D eigenvalue weighted by atomic mass is 10.2. The number of benzene rings is 1. The van der Waals surface area contributed by atoms with E-state index in [0.717, 1.165) is 5.69 Å². The van der Waals surface area contributed by atoms with Gasteiger partial charge in [0.25, 0.3) is 0 Å². The second-order valence-corrected chi connectivity index (χ2v) is 5.32. The van der Waals surface area contributed by atoms with E-state index in [1.54, 1.807) is 18.0 Å². The van der Waals surface area contributed by atoms with E-state index < -0.39 is 0 Å². The molecular weight excluding hydrogens is 242 g/mol. The first kappa shape index (κ1) is 13.1. The summed E-state index contributed by atoms with van der Waals surface area (Å²) in [6.45, 7) is 2.09. The molecule has 1 aromatic heterocycles. The molecule has 0 amide bonds. The van der Waals surface area contributed by atoms with Crippen LogP contribution < -0.4 is 0 Å². The molecule has 1 heterocycles. The van der Waals surface area contributed by atoms with Gasteiger partial charge in [-0.1, -0.05) is 24.3 Å². The van der Waals surface area contributed by atoms with Crippen molar-refractivity contribution in [2.75, 3.05) is 5.75 Å². The molecule has 0 aliphatic carbocycles. The van der Waals surface area contributed by atoms with Crippen molar-refractivity contribution in [2.24, 2.45) is 0 Å². The second-order valence-electron chi connectivity index (χ2n) is 4.26. The van der Waals surface area contributed by atoms with Crippen molar-refractivity contribution >= 4 is 11.8 Å². The zero-order chi connectivity index (χ0) is 12.8. The molecule has 3 heteroatoms. The minimum Gasteiger partial charge on any atom is -0.392 e. The summed E-state index contributed by atoms with van der Waals surface area (Å²) in [5.74, 6) is 0.696. The van der Waals surface area contributed by atoms with E-state index in [4.69, 9.17) is 0 Å². The predicted octanol–water partition coefficient (Wildman–Crippen LogP) is 3.09. The summed E-state index contributed by atoms with van der Waals surface area (Å²) in [5, 5.41) is 9.99. The molecule has 2 rings (SSSR count). The number of thioether (sulfide) groups is 1. The fourth-order valence-electron chi connectivity index (χ4n) is 1.72. The van der Waals surface area contributed by atoms with E-state index in [9.17, 15) is 5.11 Å². The number of aliphatic hydroxyl groups is 1. The van der Waals surface area contributed by atoms with Gasteiger partial charge in [0.2, 0.25) is 0 Å². The Morgan fingerprint density at radius 1 is 1.17 bits per heavy atom. The van der Waals surface area contributed by atoms with Crippen LogP contribution in [0, 0.1) is 6.92 Å². The zero-order valence-electron chi connectivity index (χ0n) is 10.4. The highest BCUT2D eigenvalue weighted by molar-refractivity contribution is 7.99. The number of aromatic nitrogens is 1. The Morgan fingerprint density at radius 3 is 2.67 bits per heavy atom. The van der Waals surface area contributed by atoms with E-state index in [-0.39, 0.29) is 6.10 Å². The number of hydrogen-bond donors (Lipinski definition) is 1. The Bertz CT molecular complexity index is 487. The first-order valence-electron chi connectivity index (χ1n) is 6.02. The van der Waals surface area contributed by atoms with E-state index >= 15 is 0 Å². The van der Waals surface area contributed by atoms with Gasteiger partial charge in [-0.3, -0.25) is 4.98 Å². The molecule has 1 atom stereocenters. The largest absolute Gasteiger partial charge is 0.392 e. The van der Waals surface area contributed by atoms with Crippen molar-refractivity contribution < 1.29 is 5.11 Å². The van der Waals surface area contributed by atoms with Crippen LogP contribution in [0.25, 0.3) is 0 Å². The molecule has 18 heavy (non-hydrogen) atoms. The number of aliphatic hydroxyl groups excluding tert-OH is 1. The summed E-state index contributed by atoms with van der Waals surface area (Å²) in [5.41, 5.74) is 2.20. The molecule has 0 spiro atoms. The number of hydrogen-bond acceptors (Lipinski definition) is 3. The molecule has 1 N–H and O–H groups in total. The van der Waals surface area contributed by atoms with Crippen LogP contribution in [0.4, 0.5) is 0 Å². The van der Waals surface area contributed by atoms with Crippen molar-refractivity contribution in [3.63, 3.8) is 0 Å². The SMILES string of the molecule is Cc1ccccc1SCC(O)Cc1ccccn1. The Balaban J connectivity index is 1.86. The predicted molar refractivity (Wildman–Crippen MR) is 75.9 cm³/mol. The summed E-state index contributed by atoms with van der Waals surface area (Å²) < 4.78 is 0. The van der Waals surface area contributed by atoms with E-state index in [1.807, 2.05) is 30.3 Å². The van der Waals surface area contributed by atoms with Crippen LogP contribution in [0.3, 0.4) is 0 Å². The van der Waals surface area contributed by atoms with Crippen LogP contribution in [0.2, 0.25) is 0 Å². The van der Waals surface area contributed by atoms with Gasteiger partial charge in [0.15, 0.2) is 0 Å². The number of nitrogens with zero attached hydrogens (tertiary/aromatic N) is 1. The molecule has 2 aromatic rings. The van der Waals surface area contributed by atoms with Gasteiger partial charge in [-0.2, -0.15) is 0 Å². The average Bonchev–Trinajstić information content (AvgIpc) is 2.39. The van der Waals surface area contributed by atoms with Gasteiger partial charge in [-0.05, 0) is 30.7 Å². The minimum atomic E-state index is -0.357. The highest BCUT2D eigenvalue weighted by atomic mass is 32.2. The third-order valence-corrected chi connectivity index (χ3v) is 4.02. The Kier molecular flexibility index (Phi) is 4.79. The second kappa shape index (κ2) is 6.57. The molecule has 0 radical (unpaired) electrons. The lowest BCUT2D eigenvalue weighted by Gasteiger charge is -2.10. The van der Waals surface area contributed by atoms with Gasteiger partial charge in [0.05, 0.1) is 6.10 Å². The van der Waals surface area contributed by atoms with Crippen LogP contribution in [0.15, 0.2) is 53.6 Å². The number of rotatable bonds is 5. The summed E-state index contributed by atoms with van der Waals surface area (Å²) in [6, 6.07) is 14.0. The monoisotopic (exact) mass is 259 g/mol. The Morgan fingerprint density at radius 2 is 1.94 bits per heavy atom. The first-order chi connectivity index (χ1) is 8.75. The average molecular weight is 259 g/mol. The lowest BCUT2D eigenvalue weighted by Crippen LogP contribution is -2.14. The third-order valence-electron chi connectivity index (χ3n) is 2.70. The van der Waals surface area contributed by atoms with Crippen molar-refractivity contribution in [1.29, 1.82) is 0 Å². The summed E-state index contributed by atoms with van der Waals surface area (Å²) >= 11 is 1.70. The van der Waals surface area contributed by atoms with Crippen LogP contribution in [-0.2, 0) is 6.42 Å². The molecule has 0 aliphatic rings. The summed E-state index contributed by atoms with van der Waals surface area (Å²) in [6.07, 6.45) is 2.01. The smallest absolute Gasteiger partial charge is 0.0689 e. The van der Waals surface area contributed by atoms with Gasteiger partial charge in [0, 0.05) is 29.0 Å². The minimum absolute atomic E-state index is 0.357.